The van der Waals surface area contributed by atoms with Gasteiger partial charge in [-0.15, -0.1) is 0 Å². The number of amides is 2. The van der Waals surface area contributed by atoms with Crippen LogP contribution in [0.25, 0.3) is 0 Å². The van der Waals surface area contributed by atoms with Crippen LogP contribution in [0.15, 0.2) is 43.0 Å². The van der Waals surface area contributed by atoms with Gasteiger partial charge in [-0.2, -0.15) is 0 Å². The molecule has 1 aliphatic rings. The second kappa shape index (κ2) is 8.67. The third-order valence-corrected chi connectivity index (χ3v) is 4.43. The van der Waals surface area contributed by atoms with Gasteiger partial charge in [-0.25, -0.2) is 9.78 Å². The Kier molecular flexibility index (Phi) is 6.06. The Morgan fingerprint density at radius 1 is 1.40 bits per heavy atom. The highest BCUT2D eigenvalue weighted by atomic mass is 16.5. The normalized spacial score (nSPS) is 17.5. The number of imidazole rings is 1. The highest BCUT2D eigenvalue weighted by Gasteiger charge is 2.23. The average Bonchev–Trinajstić information content (AvgIpc) is 3.13. The summed E-state index contributed by atoms with van der Waals surface area (Å²) in [5.74, 6) is 0. The molecule has 1 saturated heterocycles. The highest BCUT2D eigenvalue weighted by molar-refractivity contribution is 5.74. The molecule has 1 aromatic carbocycles. The molecule has 2 heterocycles. The Bertz CT molecular complexity index is 670. The Morgan fingerprint density at radius 2 is 2.28 bits per heavy atom. The van der Waals surface area contributed by atoms with Crippen LogP contribution in [0.3, 0.4) is 0 Å². The van der Waals surface area contributed by atoms with E-state index in [9.17, 15) is 4.79 Å². The van der Waals surface area contributed by atoms with Crippen molar-refractivity contribution in [2.45, 2.75) is 39.0 Å². The number of carbonyl (C=O) groups excluding carboxylic acids is 1. The van der Waals surface area contributed by atoms with Gasteiger partial charge in [-0.1, -0.05) is 24.3 Å². The van der Waals surface area contributed by atoms with Crippen LogP contribution in [0.4, 0.5) is 4.79 Å². The predicted octanol–water partition coefficient (Wildman–Crippen LogP) is 2.64. The Balaban J connectivity index is 1.51. The Labute approximate surface area is 148 Å². The van der Waals surface area contributed by atoms with Crippen molar-refractivity contribution < 1.29 is 9.53 Å². The lowest BCUT2D eigenvalue weighted by molar-refractivity contribution is 0.0164. The van der Waals surface area contributed by atoms with E-state index < -0.39 is 0 Å². The molecule has 1 aromatic heterocycles. The fourth-order valence-corrected chi connectivity index (χ4v) is 3.21. The molecular weight excluding hydrogens is 316 g/mol. The van der Waals surface area contributed by atoms with Crippen molar-refractivity contribution in [3.63, 3.8) is 0 Å². The molecule has 1 atom stereocenters. The molecule has 25 heavy (non-hydrogen) atoms. The van der Waals surface area contributed by atoms with Crippen molar-refractivity contribution in [1.82, 2.24) is 19.8 Å². The molecule has 1 fully saturated rings. The van der Waals surface area contributed by atoms with E-state index in [0.717, 1.165) is 31.5 Å². The molecular formula is C19H26N4O2. The van der Waals surface area contributed by atoms with E-state index in [1.54, 1.807) is 12.5 Å². The molecule has 1 N–H and O–H groups in total. The van der Waals surface area contributed by atoms with Gasteiger partial charge in [0, 0.05) is 45.2 Å². The summed E-state index contributed by atoms with van der Waals surface area (Å²) < 4.78 is 7.69. The average molecular weight is 342 g/mol. The number of nitrogens with zero attached hydrogens (tertiary/aromatic N) is 3. The summed E-state index contributed by atoms with van der Waals surface area (Å²) in [6.45, 7) is 5.49. The summed E-state index contributed by atoms with van der Waals surface area (Å²) >= 11 is 0. The maximum atomic E-state index is 12.4. The number of benzene rings is 1. The van der Waals surface area contributed by atoms with Crippen molar-refractivity contribution in [1.29, 1.82) is 0 Å². The first-order valence-electron chi connectivity index (χ1n) is 8.92. The van der Waals surface area contributed by atoms with Crippen LogP contribution in [0.1, 0.15) is 30.9 Å². The quantitative estimate of drug-likeness (QED) is 0.878. The maximum Gasteiger partial charge on any atom is 0.317 e. The lowest BCUT2D eigenvalue weighted by Crippen LogP contribution is -2.47. The number of rotatable bonds is 6. The summed E-state index contributed by atoms with van der Waals surface area (Å²) in [5.41, 5.74) is 2.29. The summed E-state index contributed by atoms with van der Waals surface area (Å²) in [6.07, 6.45) is 7.73. The van der Waals surface area contributed by atoms with Gasteiger partial charge in [0.1, 0.15) is 0 Å². The Hall–Kier alpha value is -2.34. The minimum Gasteiger partial charge on any atom is -0.377 e. The SMILES string of the molecule is CCO[C@@H]1CCCN(C(=O)NCc2cccc(Cn3ccnc3)c2)C1. The molecule has 3 rings (SSSR count). The lowest BCUT2D eigenvalue weighted by atomic mass is 10.1. The smallest absolute Gasteiger partial charge is 0.317 e. The molecule has 2 amide bonds. The van der Waals surface area contributed by atoms with E-state index >= 15 is 0 Å². The minimum atomic E-state index is -0.00980. The van der Waals surface area contributed by atoms with Crippen molar-refractivity contribution in [3.8, 4) is 0 Å². The van der Waals surface area contributed by atoms with Crippen molar-refractivity contribution in [2.75, 3.05) is 19.7 Å². The monoisotopic (exact) mass is 342 g/mol. The van der Waals surface area contributed by atoms with E-state index in [-0.39, 0.29) is 12.1 Å². The van der Waals surface area contributed by atoms with Crippen LogP contribution >= 0.6 is 0 Å². The second-order valence-corrected chi connectivity index (χ2v) is 6.38. The molecule has 0 spiro atoms. The largest absolute Gasteiger partial charge is 0.377 e. The van der Waals surface area contributed by atoms with Gasteiger partial charge >= 0.3 is 6.03 Å². The van der Waals surface area contributed by atoms with Crippen molar-refractivity contribution in [3.05, 3.63) is 54.1 Å². The molecule has 0 unspecified atom stereocenters. The molecule has 2 aromatic rings. The topological polar surface area (TPSA) is 59.4 Å². The molecule has 6 nitrogen and oxygen atoms in total. The number of hydrogen-bond acceptors (Lipinski definition) is 3. The number of aromatic nitrogens is 2. The maximum absolute atomic E-state index is 12.4. The van der Waals surface area contributed by atoms with Crippen LogP contribution in [0, 0.1) is 0 Å². The van der Waals surface area contributed by atoms with Crippen LogP contribution in [-0.2, 0) is 17.8 Å². The van der Waals surface area contributed by atoms with Gasteiger partial charge in [0.15, 0.2) is 0 Å². The summed E-state index contributed by atoms with van der Waals surface area (Å²) in [5, 5.41) is 3.03. The minimum absolute atomic E-state index is 0.00980. The summed E-state index contributed by atoms with van der Waals surface area (Å²) in [4.78, 5) is 18.3. The molecule has 134 valence electrons. The Morgan fingerprint density at radius 3 is 3.08 bits per heavy atom. The van der Waals surface area contributed by atoms with Gasteiger partial charge in [0.25, 0.3) is 0 Å². The molecule has 0 bridgehead atoms. The van der Waals surface area contributed by atoms with E-state index in [4.69, 9.17) is 4.74 Å². The van der Waals surface area contributed by atoms with Gasteiger partial charge in [0.2, 0.25) is 0 Å². The summed E-state index contributed by atoms with van der Waals surface area (Å²) in [6, 6.07) is 8.27. The first-order chi connectivity index (χ1) is 12.2. The van der Waals surface area contributed by atoms with E-state index in [2.05, 4.69) is 22.4 Å². The van der Waals surface area contributed by atoms with Crippen LogP contribution in [0.5, 0.6) is 0 Å². The van der Waals surface area contributed by atoms with Gasteiger partial charge in [0.05, 0.1) is 12.4 Å². The number of carbonyl (C=O) groups is 1. The van der Waals surface area contributed by atoms with Crippen LogP contribution < -0.4 is 5.32 Å². The second-order valence-electron chi connectivity index (χ2n) is 6.38. The fourth-order valence-electron chi connectivity index (χ4n) is 3.21. The predicted molar refractivity (Wildman–Crippen MR) is 96.2 cm³/mol. The van der Waals surface area contributed by atoms with E-state index in [1.165, 1.54) is 5.56 Å². The standard InChI is InChI=1S/C19H26N4O2/c1-2-25-18-7-4-9-23(14-18)19(24)21-12-16-5-3-6-17(11-16)13-22-10-8-20-15-22/h3,5-6,8,10-11,15,18H,2,4,7,9,12-14H2,1H3,(H,21,24)/t18-/m1/s1. The first-order valence-corrected chi connectivity index (χ1v) is 8.92. The lowest BCUT2D eigenvalue weighted by Gasteiger charge is -2.32. The molecule has 0 radical (unpaired) electrons. The summed E-state index contributed by atoms with van der Waals surface area (Å²) in [7, 11) is 0. The molecule has 0 aliphatic carbocycles. The number of urea groups is 1. The van der Waals surface area contributed by atoms with Gasteiger partial charge < -0.3 is 19.5 Å². The van der Waals surface area contributed by atoms with E-state index in [0.29, 0.717) is 19.7 Å². The first kappa shape index (κ1) is 17.5. The van der Waals surface area contributed by atoms with Crippen LogP contribution in [0.2, 0.25) is 0 Å². The van der Waals surface area contributed by atoms with Gasteiger partial charge in [-0.3, -0.25) is 0 Å². The number of likely N-dealkylation sites (tertiary alicyclic amines) is 1. The zero-order valence-corrected chi connectivity index (χ0v) is 14.7. The third-order valence-electron chi connectivity index (χ3n) is 4.43. The molecule has 6 heteroatoms. The van der Waals surface area contributed by atoms with Crippen molar-refractivity contribution >= 4 is 6.03 Å². The van der Waals surface area contributed by atoms with Crippen molar-refractivity contribution in [2.24, 2.45) is 0 Å². The molecule has 1 aliphatic heterocycles. The van der Waals surface area contributed by atoms with Gasteiger partial charge in [-0.05, 0) is 30.9 Å². The zero-order valence-electron chi connectivity index (χ0n) is 14.7. The third kappa shape index (κ3) is 5.06. The number of piperidine rings is 1. The van der Waals surface area contributed by atoms with Crippen LogP contribution in [-0.4, -0.2) is 46.3 Å². The fraction of sp³-hybridized carbons (Fsp3) is 0.474. The number of ether oxygens (including phenoxy) is 1. The zero-order chi connectivity index (χ0) is 17.5. The highest BCUT2D eigenvalue weighted by Crippen LogP contribution is 2.13. The molecule has 0 saturated carbocycles. The number of hydrogen-bond donors (Lipinski definition) is 1. The van der Waals surface area contributed by atoms with E-state index in [1.807, 2.05) is 34.7 Å². The number of nitrogens with one attached hydrogen (secondary N) is 1.